The fourth-order valence-electron chi connectivity index (χ4n) is 2.99. The first-order valence-electron chi connectivity index (χ1n) is 9.28. The number of benzene rings is 1. The van der Waals surface area contributed by atoms with E-state index in [1.54, 1.807) is 21.3 Å². The first-order chi connectivity index (χ1) is 13.5. The van der Waals surface area contributed by atoms with Crippen molar-refractivity contribution >= 4 is 5.96 Å². The molecule has 1 atom stereocenters. The van der Waals surface area contributed by atoms with Gasteiger partial charge in [-0.25, -0.2) is 0 Å². The van der Waals surface area contributed by atoms with Crippen LogP contribution >= 0.6 is 0 Å². The summed E-state index contributed by atoms with van der Waals surface area (Å²) in [5, 5.41) is 11.0. The van der Waals surface area contributed by atoms with Crippen LogP contribution in [0.4, 0.5) is 0 Å². The lowest BCUT2D eigenvalue weighted by atomic mass is 10.1. The number of ether oxygens (including phenoxy) is 2. The quantitative estimate of drug-likeness (QED) is 0.500. The highest BCUT2D eigenvalue weighted by molar-refractivity contribution is 5.79. The molecule has 0 saturated carbocycles. The monoisotopic (exact) mass is 388 g/mol. The lowest BCUT2D eigenvalue weighted by molar-refractivity contribution is 0.298. The highest BCUT2D eigenvalue weighted by atomic mass is 16.5. The zero-order chi connectivity index (χ0) is 20.5. The van der Waals surface area contributed by atoms with Gasteiger partial charge >= 0.3 is 0 Å². The molecule has 1 heterocycles. The molecule has 8 nitrogen and oxygen atoms in total. The zero-order valence-corrected chi connectivity index (χ0v) is 17.7. The van der Waals surface area contributed by atoms with Crippen LogP contribution in [-0.4, -0.2) is 69.1 Å². The van der Waals surface area contributed by atoms with Crippen LogP contribution in [0.3, 0.4) is 0 Å². The van der Waals surface area contributed by atoms with Gasteiger partial charge in [-0.3, -0.25) is 9.67 Å². The van der Waals surface area contributed by atoms with E-state index in [1.807, 2.05) is 42.3 Å². The summed E-state index contributed by atoms with van der Waals surface area (Å²) in [6.07, 6.45) is 4.79. The standard InChI is InChI=1S/C20H32N6O2/c1-21-20(23-13-17(25(2)3)16-12-24-26(4)14-16)22-10-9-15-7-8-18(27-5)19(11-15)28-6/h7-8,11-12,14,17H,9-10,13H2,1-6H3,(H2,21,22,23). The van der Waals surface area contributed by atoms with Gasteiger partial charge in [-0.1, -0.05) is 6.07 Å². The molecule has 154 valence electrons. The summed E-state index contributed by atoms with van der Waals surface area (Å²) < 4.78 is 12.5. The predicted molar refractivity (Wildman–Crippen MR) is 112 cm³/mol. The van der Waals surface area contributed by atoms with Gasteiger partial charge in [0.05, 0.1) is 26.5 Å². The molecular weight excluding hydrogens is 356 g/mol. The Hall–Kier alpha value is -2.74. The Kier molecular flexibility index (Phi) is 8.13. The lowest BCUT2D eigenvalue weighted by Gasteiger charge is -2.24. The molecular formula is C20H32N6O2. The van der Waals surface area contributed by atoms with Crippen molar-refractivity contribution in [3.63, 3.8) is 0 Å². The van der Waals surface area contributed by atoms with Crippen molar-refractivity contribution in [2.45, 2.75) is 12.5 Å². The molecule has 8 heteroatoms. The average molecular weight is 389 g/mol. The highest BCUT2D eigenvalue weighted by Gasteiger charge is 2.16. The van der Waals surface area contributed by atoms with Crippen LogP contribution in [0, 0.1) is 0 Å². The van der Waals surface area contributed by atoms with Crippen LogP contribution in [0.1, 0.15) is 17.2 Å². The van der Waals surface area contributed by atoms with E-state index in [9.17, 15) is 0 Å². The summed E-state index contributed by atoms with van der Waals surface area (Å²) in [4.78, 5) is 6.49. The highest BCUT2D eigenvalue weighted by Crippen LogP contribution is 2.27. The van der Waals surface area contributed by atoms with E-state index >= 15 is 0 Å². The molecule has 2 rings (SSSR count). The molecule has 0 fully saturated rings. The van der Waals surface area contributed by atoms with Crippen LogP contribution < -0.4 is 20.1 Å². The van der Waals surface area contributed by atoms with Gasteiger partial charge in [-0.05, 0) is 38.2 Å². The third-order valence-corrected chi connectivity index (χ3v) is 4.57. The van der Waals surface area contributed by atoms with Gasteiger partial charge < -0.3 is 25.0 Å². The topological polar surface area (TPSA) is 75.9 Å². The molecule has 0 amide bonds. The summed E-state index contributed by atoms with van der Waals surface area (Å²) in [6.45, 7) is 1.49. The number of rotatable bonds is 9. The number of guanidine groups is 1. The van der Waals surface area contributed by atoms with Crippen LogP contribution in [0.2, 0.25) is 0 Å². The van der Waals surface area contributed by atoms with Gasteiger partial charge in [0.25, 0.3) is 0 Å². The maximum absolute atomic E-state index is 5.36. The Labute approximate surface area is 167 Å². The number of nitrogens with one attached hydrogen (secondary N) is 2. The Morgan fingerprint density at radius 2 is 1.96 bits per heavy atom. The second kappa shape index (κ2) is 10.6. The molecule has 0 radical (unpaired) electrons. The van der Waals surface area contributed by atoms with E-state index in [0.717, 1.165) is 37.0 Å². The van der Waals surface area contributed by atoms with Crippen LogP contribution in [0.5, 0.6) is 11.5 Å². The van der Waals surface area contributed by atoms with Crippen LogP contribution in [0.15, 0.2) is 35.6 Å². The van der Waals surface area contributed by atoms with Crippen molar-refractivity contribution in [1.82, 2.24) is 25.3 Å². The Morgan fingerprint density at radius 3 is 2.54 bits per heavy atom. The molecule has 0 spiro atoms. The number of hydrogen-bond acceptors (Lipinski definition) is 5. The maximum atomic E-state index is 5.36. The van der Waals surface area contributed by atoms with Gasteiger partial charge in [0.1, 0.15) is 0 Å². The van der Waals surface area contributed by atoms with Crippen LogP contribution in [0.25, 0.3) is 0 Å². The molecule has 1 aromatic heterocycles. The maximum Gasteiger partial charge on any atom is 0.191 e. The van der Waals surface area contributed by atoms with E-state index < -0.39 is 0 Å². The molecule has 0 saturated heterocycles. The minimum Gasteiger partial charge on any atom is -0.493 e. The minimum absolute atomic E-state index is 0.207. The minimum atomic E-state index is 0.207. The molecule has 0 bridgehead atoms. The van der Waals surface area contributed by atoms with E-state index in [-0.39, 0.29) is 6.04 Å². The van der Waals surface area contributed by atoms with E-state index in [1.165, 1.54) is 11.1 Å². The number of aliphatic imine (C=N–C) groups is 1. The second-order valence-corrected chi connectivity index (χ2v) is 6.75. The molecule has 2 N–H and O–H groups in total. The van der Waals surface area contributed by atoms with Gasteiger partial charge in [0.2, 0.25) is 0 Å². The molecule has 1 aromatic carbocycles. The second-order valence-electron chi connectivity index (χ2n) is 6.75. The predicted octanol–water partition coefficient (Wildman–Crippen LogP) is 1.45. The molecule has 2 aromatic rings. The zero-order valence-electron chi connectivity index (χ0n) is 17.7. The van der Waals surface area contributed by atoms with Crippen molar-refractivity contribution < 1.29 is 9.47 Å². The van der Waals surface area contributed by atoms with Crippen LogP contribution in [-0.2, 0) is 13.5 Å². The van der Waals surface area contributed by atoms with E-state index in [0.29, 0.717) is 0 Å². The Balaban J connectivity index is 1.87. The average Bonchev–Trinajstić information content (AvgIpc) is 3.12. The summed E-state index contributed by atoms with van der Waals surface area (Å²) in [7, 11) is 11.1. The molecule has 0 aliphatic carbocycles. The summed E-state index contributed by atoms with van der Waals surface area (Å²) >= 11 is 0. The van der Waals surface area contributed by atoms with Gasteiger partial charge in [-0.15, -0.1) is 0 Å². The molecule has 28 heavy (non-hydrogen) atoms. The SMILES string of the molecule is CN=C(NCCc1ccc(OC)c(OC)c1)NCC(c1cnn(C)c1)N(C)C. The molecule has 0 aliphatic heterocycles. The van der Waals surface area contributed by atoms with Crippen molar-refractivity contribution in [3.8, 4) is 11.5 Å². The van der Waals surface area contributed by atoms with Crippen molar-refractivity contribution in [3.05, 3.63) is 41.7 Å². The van der Waals surface area contributed by atoms with E-state index in [4.69, 9.17) is 9.47 Å². The van der Waals surface area contributed by atoms with Crippen molar-refractivity contribution in [1.29, 1.82) is 0 Å². The first-order valence-corrected chi connectivity index (χ1v) is 9.28. The third-order valence-electron chi connectivity index (χ3n) is 4.57. The number of nitrogens with zero attached hydrogens (tertiary/aromatic N) is 4. The number of methoxy groups -OCH3 is 2. The van der Waals surface area contributed by atoms with Crippen molar-refractivity contribution in [2.75, 3.05) is 48.5 Å². The van der Waals surface area contributed by atoms with Gasteiger partial charge in [-0.2, -0.15) is 5.10 Å². The Bertz CT molecular complexity index is 772. The number of likely N-dealkylation sites (N-methyl/N-ethyl adjacent to an activating group) is 1. The summed E-state index contributed by atoms with van der Waals surface area (Å²) in [5.74, 6) is 2.26. The third kappa shape index (κ3) is 5.88. The number of aromatic nitrogens is 2. The number of hydrogen-bond donors (Lipinski definition) is 2. The largest absolute Gasteiger partial charge is 0.493 e. The molecule has 1 unspecified atom stereocenters. The Morgan fingerprint density at radius 1 is 1.21 bits per heavy atom. The van der Waals surface area contributed by atoms with Crippen molar-refractivity contribution in [2.24, 2.45) is 12.0 Å². The number of aryl methyl sites for hydroxylation is 1. The lowest BCUT2D eigenvalue weighted by Crippen LogP contribution is -2.42. The van der Waals surface area contributed by atoms with E-state index in [2.05, 4.69) is 39.7 Å². The molecule has 0 aliphatic rings. The summed E-state index contributed by atoms with van der Waals surface area (Å²) in [6, 6.07) is 6.18. The smallest absolute Gasteiger partial charge is 0.191 e. The normalized spacial score (nSPS) is 12.8. The van der Waals surface area contributed by atoms with Gasteiger partial charge in [0, 0.05) is 38.9 Å². The fraction of sp³-hybridized carbons (Fsp3) is 0.500. The van der Waals surface area contributed by atoms with Gasteiger partial charge in [0.15, 0.2) is 17.5 Å². The summed E-state index contributed by atoms with van der Waals surface area (Å²) in [5.41, 5.74) is 2.34. The fourth-order valence-corrected chi connectivity index (χ4v) is 2.99. The first kappa shape index (κ1) is 21.6.